The van der Waals surface area contributed by atoms with Crippen molar-refractivity contribution in [2.24, 2.45) is 0 Å². The second kappa shape index (κ2) is 7.20. The first-order chi connectivity index (χ1) is 13.1. The maximum Gasteiger partial charge on any atom is 0.450 e. The summed E-state index contributed by atoms with van der Waals surface area (Å²) in [6.45, 7) is 1.19. The molecular weight excluding hydrogens is 401 g/mol. The van der Waals surface area contributed by atoms with Crippen LogP contribution in [-0.4, -0.2) is 12.1 Å². The van der Waals surface area contributed by atoms with Crippen LogP contribution in [-0.2, 0) is 11.0 Å². The lowest BCUT2D eigenvalue weighted by molar-refractivity contribution is -0.312. The van der Waals surface area contributed by atoms with Crippen LogP contribution in [0.3, 0.4) is 0 Å². The van der Waals surface area contributed by atoms with Crippen molar-refractivity contribution < 1.29 is 32.2 Å². The molecule has 0 aliphatic rings. The highest BCUT2D eigenvalue weighted by Crippen LogP contribution is 2.38. The van der Waals surface area contributed by atoms with Crippen molar-refractivity contribution in [3.05, 3.63) is 63.5 Å². The molecule has 1 heterocycles. The van der Waals surface area contributed by atoms with Gasteiger partial charge in [0, 0.05) is 11.1 Å². The number of hydrogen-bond acceptors (Lipinski definition) is 5. The van der Waals surface area contributed by atoms with Crippen LogP contribution in [0.1, 0.15) is 12.7 Å². The second-order valence-corrected chi connectivity index (χ2v) is 6.31. The number of aliphatic carboxylic acids is 1. The number of fused-ring (bicyclic) bond motifs is 1. The zero-order chi connectivity index (χ0) is 20.6. The molecule has 0 aliphatic heterocycles. The standard InChI is InChI=1S/C19H12ClF3O5/c1-9(18(25)26)27-12-6-7-13-14(8-12)28-17(19(21,22)23)15(16(13)24)10-2-4-11(20)5-3-10/h2-9H,1H3,(H,25,26)/p-1. The van der Waals surface area contributed by atoms with Crippen LogP contribution in [0.2, 0.25) is 5.02 Å². The molecule has 0 saturated heterocycles. The van der Waals surface area contributed by atoms with E-state index in [-0.39, 0.29) is 16.7 Å². The SMILES string of the molecule is CC(Oc1ccc2c(=O)c(-c3ccc(Cl)cc3)c(C(F)(F)F)oc2c1)C(=O)[O-]. The summed E-state index contributed by atoms with van der Waals surface area (Å²) in [4.78, 5) is 23.5. The van der Waals surface area contributed by atoms with Gasteiger partial charge >= 0.3 is 6.18 Å². The Labute approximate surface area is 160 Å². The van der Waals surface area contributed by atoms with E-state index in [0.29, 0.717) is 5.02 Å². The van der Waals surface area contributed by atoms with Gasteiger partial charge in [0.1, 0.15) is 17.4 Å². The van der Waals surface area contributed by atoms with Crippen molar-refractivity contribution in [2.75, 3.05) is 0 Å². The van der Waals surface area contributed by atoms with Gasteiger partial charge in [-0.15, -0.1) is 0 Å². The Hall–Kier alpha value is -3.00. The Kier molecular flexibility index (Phi) is 5.08. The smallest absolute Gasteiger partial charge is 0.450 e. The Morgan fingerprint density at radius 2 is 1.82 bits per heavy atom. The molecule has 5 nitrogen and oxygen atoms in total. The summed E-state index contributed by atoms with van der Waals surface area (Å²) in [5.41, 5.74) is -1.93. The van der Waals surface area contributed by atoms with E-state index in [9.17, 15) is 27.9 Å². The predicted octanol–water partition coefficient (Wildman–Crippen LogP) is 3.65. The lowest BCUT2D eigenvalue weighted by Gasteiger charge is -2.16. The van der Waals surface area contributed by atoms with Gasteiger partial charge in [-0.25, -0.2) is 0 Å². The topological polar surface area (TPSA) is 79.6 Å². The van der Waals surface area contributed by atoms with Gasteiger partial charge in [-0.1, -0.05) is 23.7 Å². The van der Waals surface area contributed by atoms with Crippen LogP contribution < -0.4 is 15.3 Å². The largest absolute Gasteiger partial charge is 0.546 e. The van der Waals surface area contributed by atoms with Gasteiger partial charge in [-0.05, 0) is 36.8 Å². The summed E-state index contributed by atoms with van der Waals surface area (Å²) < 4.78 is 50.7. The van der Waals surface area contributed by atoms with Crippen molar-refractivity contribution in [3.63, 3.8) is 0 Å². The number of alkyl halides is 3. The molecule has 0 saturated carbocycles. The van der Waals surface area contributed by atoms with Crippen molar-refractivity contribution >= 4 is 28.5 Å². The third kappa shape index (κ3) is 3.82. The van der Waals surface area contributed by atoms with Crippen molar-refractivity contribution in [1.29, 1.82) is 0 Å². The van der Waals surface area contributed by atoms with Gasteiger partial charge in [-0.3, -0.25) is 4.79 Å². The van der Waals surface area contributed by atoms with Crippen LogP contribution in [0.15, 0.2) is 51.7 Å². The number of ether oxygens (including phenoxy) is 1. The molecule has 0 amide bonds. The number of carboxylic acids is 1. The number of rotatable bonds is 4. The molecular formula is C19H11ClF3O5-. The Balaban J connectivity index is 2.24. The normalized spacial score (nSPS) is 12.8. The first-order valence-corrected chi connectivity index (χ1v) is 8.27. The van der Waals surface area contributed by atoms with Crippen LogP contribution in [0.25, 0.3) is 22.1 Å². The summed E-state index contributed by atoms with van der Waals surface area (Å²) in [6, 6.07) is 8.79. The van der Waals surface area contributed by atoms with E-state index in [1.54, 1.807) is 0 Å². The van der Waals surface area contributed by atoms with Gasteiger partial charge < -0.3 is 19.1 Å². The molecule has 146 valence electrons. The molecule has 1 unspecified atom stereocenters. The lowest BCUT2D eigenvalue weighted by atomic mass is 10.0. The molecule has 28 heavy (non-hydrogen) atoms. The third-order valence-corrected chi connectivity index (χ3v) is 4.15. The average molecular weight is 412 g/mol. The minimum absolute atomic E-state index is 0.00160. The molecule has 0 spiro atoms. The Morgan fingerprint density at radius 1 is 1.18 bits per heavy atom. The molecule has 0 radical (unpaired) electrons. The number of carbonyl (C=O) groups excluding carboxylic acids is 1. The number of carbonyl (C=O) groups is 1. The first-order valence-electron chi connectivity index (χ1n) is 7.89. The van der Waals surface area contributed by atoms with Crippen LogP contribution in [0.4, 0.5) is 13.2 Å². The van der Waals surface area contributed by atoms with E-state index < -0.39 is 40.6 Å². The van der Waals surface area contributed by atoms with Crippen LogP contribution in [0, 0.1) is 0 Å². The predicted molar refractivity (Wildman–Crippen MR) is 93.0 cm³/mol. The van der Waals surface area contributed by atoms with E-state index >= 15 is 0 Å². The second-order valence-electron chi connectivity index (χ2n) is 5.88. The molecule has 0 bridgehead atoms. The summed E-state index contributed by atoms with van der Waals surface area (Å²) in [5, 5.41) is 10.9. The molecule has 0 aliphatic carbocycles. The highest BCUT2D eigenvalue weighted by Gasteiger charge is 2.39. The molecule has 3 aromatic rings. The summed E-state index contributed by atoms with van der Waals surface area (Å²) in [6.07, 6.45) is -6.29. The molecule has 0 N–H and O–H groups in total. The van der Waals surface area contributed by atoms with Gasteiger partial charge in [0.05, 0.1) is 16.9 Å². The molecule has 1 aromatic heterocycles. The third-order valence-electron chi connectivity index (χ3n) is 3.90. The van der Waals surface area contributed by atoms with Gasteiger partial charge in [0.25, 0.3) is 0 Å². The van der Waals surface area contributed by atoms with Crippen molar-refractivity contribution in [3.8, 4) is 16.9 Å². The number of carboxylic acid groups (broad SMARTS) is 1. The van der Waals surface area contributed by atoms with Crippen molar-refractivity contribution in [1.82, 2.24) is 0 Å². The molecule has 0 fully saturated rings. The Morgan fingerprint density at radius 3 is 2.39 bits per heavy atom. The van der Waals surface area contributed by atoms with Crippen LogP contribution >= 0.6 is 11.6 Å². The minimum atomic E-state index is -4.95. The molecule has 3 rings (SSSR count). The van der Waals surface area contributed by atoms with Gasteiger partial charge in [-0.2, -0.15) is 13.2 Å². The fraction of sp³-hybridized carbons (Fsp3) is 0.158. The summed E-state index contributed by atoms with van der Waals surface area (Å²) >= 11 is 5.76. The number of hydrogen-bond donors (Lipinski definition) is 0. The monoisotopic (exact) mass is 411 g/mol. The van der Waals surface area contributed by atoms with Gasteiger partial charge in [0.2, 0.25) is 11.2 Å². The zero-order valence-electron chi connectivity index (χ0n) is 14.2. The van der Waals surface area contributed by atoms with Crippen LogP contribution in [0.5, 0.6) is 5.75 Å². The molecule has 9 heteroatoms. The maximum atomic E-state index is 13.6. The zero-order valence-corrected chi connectivity index (χ0v) is 14.9. The molecule has 1 atom stereocenters. The van der Waals surface area contributed by atoms with E-state index in [1.165, 1.54) is 43.3 Å². The number of benzene rings is 2. The van der Waals surface area contributed by atoms with E-state index in [2.05, 4.69) is 0 Å². The summed E-state index contributed by atoms with van der Waals surface area (Å²) in [5.74, 6) is -3.06. The molecule has 2 aromatic carbocycles. The highest BCUT2D eigenvalue weighted by atomic mass is 35.5. The van der Waals surface area contributed by atoms with Gasteiger partial charge in [0.15, 0.2) is 0 Å². The summed E-state index contributed by atoms with van der Waals surface area (Å²) in [7, 11) is 0. The number of halogens is 4. The maximum absolute atomic E-state index is 13.6. The fourth-order valence-electron chi connectivity index (χ4n) is 2.58. The van der Waals surface area contributed by atoms with E-state index in [0.717, 1.165) is 6.07 Å². The van der Waals surface area contributed by atoms with E-state index in [4.69, 9.17) is 20.8 Å². The minimum Gasteiger partial charge on any atom is -0.546 e. The lowest BCUT2D eigenvalue weighted by Crippen LogP contribution is -2.37. The highest BCUT2D eigenvalue weighted by molar-refractivity contribution is 6.30. The quantitative estimate of drug-likeness (QED) is 0.654. The average Bonchev–Trinajstić information content (AvgIpc) is 2.61. The fourth-order valence-corrected chi connectivity index (χ4v) is 2.70. The van der Waals surface area contributed by atoms with E-state index in [1.807, 2.05) is 0 Å². The first kappa shape index (κ1) is 19.8. The Bertz CT molecular complexity index is 1100. The van der Waals surface area contributed by atoms with Crippen molar-refractivity contribution in [2.45, 2.75) is 19.2 Å².